The van der Waals surface area contributed by atoms with Crippen molar-refractivity contribution >= 4 is 29.9 Å². The van der Waals surface area contributed by atoms with Gasteiger partial charge in [-0.15, -0.1) is 24.0 Å². The highest BCUT2D eigenvalue weighted by molar-refractivity contribution is 14.0. The fourth-order valence-electron chi connectivity index (χ4n) is 3.37. The summed E-state index contributed by atoms with van der Waals surface area (Å²) in [6.07, 6.45) is 4.82. The highest BCUT2D eigenvalue weighted by Crippen LogP contribution is 2.45. The first-order valence-electron chi connectivity index (χ1n) is 9.15. The van der Waals surface area contributed by atoms with Crippen LogP contribution >= 0.6 is 24.0 Å². The Labute approximate surface area is 164 Å². The van der Waals surface area contributed by atoms with Crippen LogP contribution in [-0.2, 0) is 4.74 Å². The van der Waals surface area contributed by atoms with E-state index in [0.717, 1.165) is 44.9 Å². The lowest BCUT2D eigenvalue weighted by molar-refractivity contribution is -0.0835. The molecule has 0 aromatic heterocycles. The van der Waals surface area contributed by atoms with E-state index in [9.17, 15) is 5.11 Å². The first-order valence-corrected chi connectivity index (χ1v) is 9.15. The van der Waals surface area contributed by atoms with Gasteiger partial charge in [-0.3, -0.25) is 4.99 Å². The number of aliphatic imine (C=N–C) groups is 1. The summed E-state index contributed by atoms with van der Waals surface area (Å²) < 4.78 is 6.06. The first-order chi connectivity index (χ1) is 10.9. The minimum absolute atomic E-state index is 0. The molecule has 2 aliphatic rings. The minimum Gasteiger partial charge on any atom is -0.396 e. The van der Waals surface area contributed by atoms with Crippen LogP contribution in [0.3, 0.4) is 0 Å². The SMILES string of the molecule is CCNC(=NCC1(CO)CC1)NCC1CCCOC1C(C)(C)C.I. The van der Waals surface area contributed by atoms with Crippen molar-refractivity contribution in [2.45, 2.75) is 59.5 Å². The topological polar surface area (TPSA) is 65.9 Å². The average molecular weight is 453 g/mol. The highest BCUT2D eigenvalue weighted by atomic mass is 127. The average Bonchev–Trinajstić information content (AvgIpc) is 3.30. The predicted molar refractivity (Wildman–Crippen MR) is 110 cm³/mol. The molecule has 1 saturated carbocycles. The molecule has 1 heterocycles. The Kier molecular flexibility index (Phi) is 8.76. The van der Waals surface area contributed by atoms with Gasteiger partial charge < -0.3 is 20.5 Å². The van der Waals surface area contributed by atoms with Gasteiger partial charge in [0, 0.05) is 31.0 Å². The summed E-state index contributed by atoms with van der Waals surface area (Å²) in [5.74, 6) is 1.38. The Bertz CT molecular complexity index is 406. The summed E-state index contributed by atoms with van der Waals surface area (Å²) in [7, 11) is 0. The second-order valence-electron chi connectivity index (χ2n) is 8.29. The van der Waals surface area contributed by atoms with Crippen molar-refractivity contribution in [1.29, 1.82) is 0 Å². The van der Waals surface area contributed by atoms with E-state index >= 15 is 0 Å². The summed E-state index contributed by atoms with van der Waals surface area (Å²) >= 11 is 0. The molecule has 2 fully saturated rings. The van der Waals surface area contributed by atoms with Gasteiger partial charge >= 0.3 is 0 Å². The molecule has 0 radical (unpaired) electrons. The maximum atomic E-state index is 9.43. The third-order valence-corrected chi connectivity index (χ3v) is 5.04. The molecule has 24 heavy (non-hydrogen) atoms. The zero-order chi connectivity index (χ0) is 16.9. The van der Waals surface area contributed by atoms with E-state index in [0.29, 0.717) is 18.6 Å². The van der Waals surface area contributed by atoms with Crippen LogP contribution in [0.5, 0.6) is 0 Å². The van der Waals surface area contributed by atoms with E-state index in [2.05, 4.69) is 43.3 Å². The molecule has 0 aromatic rings. The summed E-state index contributed by atoms with van der Waals surface area (Å²) in [6.45, 7) is 12.4. The fraction of sp³-hybridized carbons (Fsp3) is 0.944. The number of aliphatic hydroxyl groups excluding tert-OH is 1. The molecule has 0 aromatic carbocycles. The molecule has 6 heteroatoms. The van der Waals surface area contributed by atoms with E-state index < -0.39 is 0 Å². The van der Waals surface area contributed by atoms with E-state index in [1.54, 1.807) is 0 Å². The normalized spacial score (nSPS) is 26.5. The second kappa shape index (κ2) is 9.57. The lowest BCUT2D eigenvalue weighted by Crippen LogP contribution is -2.47. The molecule has 1 aliphatic heterocycles. The summed E-state index contributed by atoms with van der Waals surface area (Å²) in [4.78, 5) is 4.68. The number of ether oxygens (including phenoxy) is 1. The number of hydrogen-bond acceptors (Lipinski definition) is 3. The standard InChI is InChI=1S/C18H35N3O2.HI/c1-5-19-16(21-12-18(13-22)8-9-18)20-11-14-7-6-10-23-15(14)17(2,3)4;/h14-15,22H,5-13H2,1-4H3,(H2,19,20,21);1H. The number of halogens is 1. The van der Waals surface area contributed by atoms with Crippen molar-refractivity contribution < 1.29 is 9.84 Å². The predicted octanol–water partition coefficient (Wildman–Crippen LogP) is 2.77. The molecule has 2 rings (SSSR count). The van der Waals surface area contributed by atoms with Gasteiger partial charge in [0.2, 0.25) is 0 Å². The molecule has 0 spiro atoms. The van der Waals surface area contributed by atoms with Crippen LogP contribution in [0.4, 0.5) is 0 Å². The van der Waals surface area contributed by atoms with Gasteiger partial charge in [-0.05, 0) is 38.0 Å². The molecule has 0 amide bonds. The van der Waals surface area contributed by atoms with Crippen LogP contribution in [0.25, 0.3) is 0 Å². The lowest BCUT2D eigenvalue weighted by Gasteiger charge is -2.40. The molecule has 5 nitrogen and oxygen atoms in total. The van der Waals surface area contributed by atoms with Gasteiger partial charge in [0.15, 0.2) is 5.96 Å². The minimum atomic E-state index is 0. The number of nitrogens with one attached hydrogen (secondary N) is 2. The molecule has 2 atom stereocenters. The third kappa shape index (κ3) is 6.33. The molecule has 3 N–H and O–H groups in total. The number of aliphatic hydroxyl groups is 1. The van der Waals surface area contributed by atoms with Crippen LogP contribution in [-0.4, -0.2) is 50.0 Å². The molecule has 142 valence electrons. The first kappa shape index (κ1) is 22.0. The monoisotopic (exact) mass is 453 g/mol. The number of guanidine groups is 1. The smallest absolute Gasteiger partial charge is 0.191 e. The molecule has 0 bridgehead atoms. The maximum Gasteiger partial charge on any atom is 0.191 e. The lowest BCUT2D eigenvalue weighted by atomic mass is 9.78. The van der Waals surface area contributed by atoms with Crippen molar-refractivity contribution in [3.63, 3.8) is 0 Å². The number of hydrogen-bond donors (Lipinski definition) is 3. The maximum absolute atomic E-state index is 9.43. The second-order valence-corrected chi connectivity index (χ2v) is 8.29. The molecular formula is C18H36IN3O2. The van der Waals surface area contributed by atoms with Crippen LogP contribution < -0.4 is 10.6 Å². The van der Waals surface area contributed by atoms with E-state index in [1.165, 1.54) is 6.42 Å². The van der Waals surface area contributed by atoms with Crippen LogP contribution in [0.1, 0.15) is 53.4 Å². The van der Waals surface area contributed by atoms with Crippen molar-refractivity contribution in [3.8, 4) is 0 Å². The number of nitrogens with zero attached hydrogens (tertiary/aromatic N) is 1. The largest absolute Gasteiger partial charge is 0.396 e. The molecule has 1 saturated heterocycles. The summed E-state index contributed by atoms with van der Waals surface area (Å²) in [6, 6.07) is 0. The van der Waals surface area contributed by atoms with Crippen molar-refractivity contribution in [2.24, 2.45) is 21.7 Å². The third-order valence-electron chi connectivity index (χ3n) is 5.04. The van der Waals surface area contributed by atoms with Crippen molar-refractivity contribution in [3.05, 3.63) is 0 Å². The quantitative estimate of drug-likeness (QED) is 0.329. The summed E-state index contributed by atoms with van der Waals surface area (Å²) in [5.41, 5.74) is 0.224. The van der Waals surface area contributed by atoms with Gasteiger partial charge in [0.1, 0.15) is 0 Å². The van der Waals surface area contributed by atoms with Gasteiger partial charge in [-0.1, -0.05) is 20.8 Å². The molecular weight excluding hydrogens is 417 g/mol. The van der Waals surface area contributed by atoms with E-state index in [1.807, 2.05) is 0 Å². The highest BCUT2D eigenvalue weighted by Gasteiger charge is 2.42. The van der Waals surface area contributed by atoms with Gasteiger partial charge in [0.25, 0.3) is 0 Å². The zero-order valence-corrected chi connectivity index (χ0v) is 18.1. The van der Waals surface area contributed by atoms with Gasteiger partial charge in [-0.2, -0.15) is 0 Å². The van der Waals surface area contributed by atoms with E-state index in [4.69, 9.17) is 4.74 Å². The Morgan fingerprint density at radius 2 is 2.00 bits per heavy atom. The van der Waals surface area contributed by atoms with Gasteiger partial charge in [-0.25, -0.2) is 0 Å². The van der Waals surface area contributed by atoms with Crippen LogP contribution in [0, 0.1) is 16.7 Å². The van der Waals surface area contributed by atoms with Crippen LogP contribution in [0.2, 0.25) is 0 Å². The summed E-state index contributed by atoms with van der Waals surface area (Å²) in [5, 5.41) is 16.2. The van der Waals surface area contributed by atoms with Crippen molar-refractivity contribution in [2.75, 3.05) is 32.8 Å². The van der Waals surface area contributed by atoms with Crippen LogP contribution in [0.15, 0.2) is 4.99 Å². The number of rotatable bonds is 6. The fourth-order valence-corrected chi connectivity index (χ4v) is 3.37. The Morgan fingerprint density at radius 3 is 2.54 bits per heavy atom. The van der Waals surface area contributed by atoms with E-state index in [-0.39, 0.29) is 41.4 Å². The Morgan fingerprint density at radius 1 is 1.29 bits per heavy atom. The Balaban J connectivity index is 0.00000288. The van der Waals surface area contributed by atoms with Gasteiger partial charge in [0.05, 0.1) is 19.3 Å². The molecule has 1 aliphatic carbocycles. The van der Waals surface area contributed by atoms with Crippen molar-refractivity contribution in [1.82, 2.24) is 10.6 Å². The zero-order valence-electron chi connectivity index (χ0n) is 15.7. The molecule has 2 unspecified atom stereocenters. The Hall–Kier alpha value is -0.0800.